The Balaban J connectivity index is 2.24. The predicted molar refractivity (Wildman–Crippen MR) is 59.9 cm³/mol. The largest absolute Gasteiger partial charge is 0.212 e. The number of benzene rings is 1. The number of nitrogens with one attached hydrogen (secondary N) is 1. The van der Waals surface area contributed by atoms with E-state index >= 15 is 0 Å². The maximum absolute atomic E-state index is 12.8. The van der Waals surface area contributed by atoms with E-state index in [1.165, 1.54) is 12.1 Å². The smallest absolute Gasteiger partial charge is 0.212 e. The van der Waals surface area contributed by atoms with Crippen molar-refractivity contribution in [3.8, 4) is 0 Å². The van der Waals surface area contributed by atoms with E-state index in [9.17, 15) is 12.8 Å². The van der Waals surface area contributed by atoms with Gasteiger partial charge in [-0.15, -0.1) is 0 Å². The van der Waals surface area contributed by atoms with Crippen LogP contribution in [0.4, 0.5) is 4.39 Å². The topological polar surface area (TPSA) is 46.2 Å². The van der Waals surface area contributed by atoms with Crippen LogP contribution in [0, 0.1) is 5.82 Å². The lowest BCUT2D eigenvalue weighted by molar-refractivity contribution is 0.552. The lowest BCUT2D eigenvalue weighted by atomic mass is 10.1. The van der Waals surface area contributed by atoms with E-state index in [2.05, 4.69) is 4.72 Å². The van der Waals surface area contributed by atoms with Crippen molar-refractivity contribution in [2.75, 3.05) is 5.75 Å². The minimum absolute atomic E-state index is 0.0654. The normalized spacial score (nSPS) is 18.4. The summed E-state index contributed by atoms with van der Waals surface area (Å²) in [5.74, 6) is -0.242. The summed E-state index contributed by atoms with van der Waals surface area (Å²) in [6.45, 7) is 1.60. The Morgan fingerprint density at radius 1 is 1.31 bits per heavy atom. The van der Waals surface area contributed by atoms with Crippen LogP contribution in [0.25, 0.3) is 0 Å². The van der Waals surface area contributed by atoms with Gasteiger partial charge in [-0.2, -0.15) is 0 Å². The summed E-state index contributed by atoms with van der Waals surface area (Å²) < 4.78 is 38.5. The van der Waals surface area contributed by atoms with Crippen LogP contribution in [-0.4, -0.2) is 14.2 Å². The van der Waals surface area contributed by atoms with Crippen molar-refractivity contribution >= 4 is 10.0 Å². The molecule has 1 aliphatic carbocycles. The van der Waals surface area contributed by atoms with Gasteiger partial charge in [0.05, 0.1) is 11.3 Å². The molecule has 3 nitrogen and oxygen atoms in total. The van der Waals surface area contributed by atoms with E-state index in [4.69, 9.17) is 0 Å². The minimum Gasteiger partial charge on any atom is -0.212 e. The van der Waals surface area contributed by atoms with Gasteiger partial charge in [-0.05, 0) is 37.5 Å². The molecule has 1 aromatic rings. The van der Waals surface area contributed by atoms with Crippen molar-refractivity contribution in [1.29, 1.82) is 0 Å². The highest BCUT2D eigenvalue weighted by atomic mass is 32.2. The molecule has 0 bridgehead atoms. The number of sulfonamides is 1. The van der Waals surface area contributed by atoms with Gasteiger partial charge in [-0.25, -0.2) is 17.5 Å². The molecule has 1 aromatic carbocycles. The first kappa shape index (κ1) is 11.5. The molecule has 1 N–H and O–H groups in total. The Morgan fingerprint density at radius 3 is 2.31 bits per heavy atom. The lowest BCUT2D eigenvalue weighted by Crippen LogP contribution is -2.35. The highest BCUT2D eigenvalue weighted by molar-refractivity contribution is 7.89. The molecule has 0 atom stereocenters. The molecule has 0 aromatic heterocycles. The van der Waals surface area contributed by atoms with Crippen molar-refractivity contribution in [2.24, 2.45) is 0 Å². The maximum atomic E-state index is 12.8. The van der Waals surface area contributed by atoms with Gasteiger partial charge in [0.25, 0.3) is 0 Å². The average molecular weight is 243 g/mol. The van der Waals surface area contributed by atoms with Crippen molar-refractivity contribution < 1.29 is 12.8 Å². The minimum atomic E-state index is -3.22. The maximum Gasteiger partial charge on any atom is 0.212 e. The zero-order chi connectivity index (χ0) is 11.8. The Labute approximate surface area is 94.7 Å². The zero-order valence-corrected chi connectivity index (χ0v) is 9.85. The number of hydrogen-bond donors (Lipinski definition) is 1. The van der Waals surface area contributed by atoms with Gasteiger partial charge in [-0.1, -0.05) is 12.1 Å². The molecule has 0 amide bonds. The fraction of sp³-hybridized carbons (Fsp3) is 0.455. The molecule has 16 heavy (non-hydrogen) atoms. The molecular formula is C11H14FNO2S. The van der Waals surface area contributed by atoms with Crippen molar-refractivity contribution in [1.82, 2.24) is 4.72 Å². The standard InChI is InChI=1S/C11H14FNO2S/c1-2-16(14,15)13-11(7-8-11)9-3-5-10(12)6-4-9/h3-6,13H,2,7-8H2,1H3. The zero-order valence-electron chi connectivity index (χ0n) is 9.03. The molecule has 5 heteroatoms. The highest BCUT2D eigenvalue weighted by Gasteiger charge is 2.46. The third-order valence-electron chi connectivity index (χ3n) is 2.88. The van der Waals surface area contributed by atoms with Crippen molar-refractivity contribution in [3.63, 3.8) is 0 Å². The molecule has 0 radical (unpaired) electrons. The molecule has 0 heterocycles. The van der Waals surface area contributed by atoms with Crippen LogP contribution >= 0.6 is 0 Å². The van der Waals surface area contributed by atoms with Crippen molar-refractivity contribution in [2.45, 2.75) is 25.3 Å². The molecule has 88 valence electrons. The van der Waals surface area contributed by atoms with E-state index in [0.29, 0.717) is 0 Å². The van der Waals surface area contributed by atoms with Crippen LogP contribution in [0.2, 0.25) is 0 Å². The van der Waals surface area contributed by atoms with Crippen LogP contribution in [-0.2, 0) is 15.6 Å². The predicted octanol–water partition coefficient (Wildman–Crippen LogP) is 1.75. The summed E-state index contributed by atoms with van der Waals surface area (Å²) in [6.07, 6.45) is 1.55. The molecule has 0 unspecified atom stereocenters. The summed E-state index contributed by atoms with van der Waals surface area (Å²) in [6, 6.07) is 5.99. The Hall–Kier alpha value is -0.940. The third-order valence-corrected chi connectivity index (χ3v) is 4.34. The molecule has 0 spiro atoms. The van der Waals surface area contributed by atoms with E-state index in [0.717, 1.165) is 18.4 Å². The molecule has 1 fully saturated rings. The van der Waals surface area contributed by atoms with Gasteiger partial charge in [-0.3, -0.25) is 0 Å². The first-order valence-electron chi connectivity index (χ1n) is 5.25. The Bertz CT molecular complexity index is 477. The highest BCUT2D eigenvalue weighted by Crippen LogP contribution is 2.46. The van der Waals surface area contributed by atoms with Gasteiger partial charge in [0.1, 0.15) is 5.82 Å². The second-order valence-electron chi connectivity index (χ2n) is 4.09. The summed E-state index contributed by atoms with van der Waals surface area (Å²) in [7, 11) is -3.22. The summed E-state index contributed by atoms with van der Waals surface area (Å²) >= 11 is 0. The molecule has 1 saturated carbocycles. The summed E-state index contributed by atoms with van der Waals surface area (Å²) in [4.78, 5) is 0. The van der Waals surface area contributed by atoms with Gasteiger partial charge < -0.3 is 0 Å². The first-order chi connectivity index (χ1) is 7.47. The quantitative estimate of drug-likeness (QED) is 0.875. The van der Waals surface area contributed by atoms with Crippen molar-refractivity contribution in [3.05, 3.63) is 35.6 Å². The molecule has 1 aliphatic rings. The Kier molecular flexibility index (Phi) is 2.75. The fourth-order valence-electron chi connectivity index (χ4n) is 1.71. The summed E-state index contributed by atoms with van der Waals surface area (Å²) in [5.41, 5.74) is 0.355. The molecule has 2 rings (SSSR count). The van der Waals surface area contributed by atoms with Crippen LogP contribution in [0.5, 0.6) is 0 Å². The van der Waals surface area contributed by atoms with Crippen LogP contribution in [0.3, 0.4) is 0 Å². The third kappa shape index (κ3) is 2.25. The first-order valence-corrected chi connectivity index (χ1v) is 6.90. The number of halogens is 1. The van der Waals surface area contributed by atoms with Crippen LogP contribution in [0.15, 0.2) is 24.3 Å². The summed E-state index contributed by atoms with van der Waals surface area (Å²) in [5, 5.41) is 0. The van der Waals surface area contributed by atoms with Crippen LogP contribution < -0.4 is 4.72 Å². The van der Waals surface area contributed by atoms with Gasteiger partial charge in [0, 0.05) is 0 Å². The van der Waals surface area contributed by atoms with Gasteiger partial charge in [0.2, 0.25) is 10.0 Å². The fourth-order valence-corrected chi connectivity index (χ4v) is 2.78. The van der Waals surface area contributed by atoms with E-state index in [-0.39, 0.29) is 11.6 Å². The second kappa shape index (κ2) is 3.82. The van der Waals surface area contributed by atoms with E-state index in [1.54, 1.807) is 19.1 Å². The second-order valence-corrected chi connectivity index (χ2v) is 6.11. The Morgan fingerprint density at radius 2 is 1.88 bits per heavy atom. The number of hydrogen-bond acceptors (Lipinski definition) is 2. The molecular weight excluding hydrogens is 229 g/mol. The van der Waals surface area contributed by atoms with Crippen LogP contribution in [0.1, 0.15) is 25.3 Å². The lowest BCUT2D eigenvalue weighted by Gasteiger charge is -2.17. The number of rotatable bonds is 4. The molecule has 0 saturated heterocycles. The van der Waals surface area contributed by atoms with Gasteiger partial charge >= 0.3 is 0 Å². The molecule has 0 aliphatic heterocycles. The monoisotopic (exact) mass is 243 g/mol. The van der Waals surface area contributed by atoms with Gasteiger partial charge in [0.15, 0.2) is 0 Å². The van der Waals surface area contributed by atoms with E-state index < -0.39 is 15.6 Å². The average Bonchev–Trinajstić information content (AvgIpc) is 2.99. The SMILES string of the molecule is CCS(=O)(=O)NC1(c2ccc(F)cc2)CC1. The van der Waals surface area contributed by atoms with E-state index in [1.807, 2.05) is 0 Å².